The van der Waals surface area contributed by atoms with Crippen molar-refractivity contribution in [3.8, 4) is 0 Å². The summed E-state index contributed by atoms with van der Waals surface area (Å²) in [5.41, 5.74) is 3.41. The molecule has 1 saturated heterocycles. The maximum absolute atomic E-state index is 11.6. The van der Waals surface area contributed by atoms with Crippen molar-refractivity contribution in [3.05, 3.63) is 91.9 Å². The second kappa shape index (κ2) is 9.21. The number of benzene rings is 2. The molecule has 0 radical (unpaired) electrons. The number of H-pyrrole nitrogens is 1. The first-order valence-electron chi connectivity index (χ1n) is 10.1. The molecule has 2 N–H and O–H groups in total. The molecule has 0 amide bonds. The molecule has 1 aromatic heterocycles. The Morgan fingerprint density at radius 2 is 1.77 bits per heavy atom. The zero-order chi connectivity index (χ0) is 21.1. The van der Waals surface area contributed by atoms with Crippen LogP contribution in [0.15, 0.2) is 59.7 Å². The van der Waals surface area contributed by atoms with Crippen LogP contribution in [-0.2, 0) is 0 Å². The molecule has 0 spiro atoms. The van der Waals surface area contributed by atoms with Gasteiger partial charge < -0.3 is 15.2 Å². The monoisotopic (exact) mass is 442 g/mol. The van der Waals surface area contributed by atoms with E-state index in [9.17, 15) is 4.79 Å². The molecule has 1 aliphatic heterocycles. The molecule has 0 saturated carbocycles. The Morgan fingerprint density at radius 1 is 1.07 bits per heavy atom. The Hall–Kier alpha value is -2.34. The number of aryl methyl sites for hydroxylation is 1. The normalized spacial score (nSPS) is 15.9. The van der Waals surface area contributed by atoms with Gasteiger partial charge in [0.1, 0.15) is 5.82 Å². The fourth-order valence-electron chi connectivity index (χ4n) is 4.03. The van der Waals surface area contributed by atoms with E-state index < -0.39 is 0 Å². The number of nitrogens with zero attached hydrogens (tertiary/aromatic N) is 2. The third-order valence-corrected chi connectivity index (χ3v) is 6.12. The highest BCUT2D eigenvalue weighted by molar-refractivity contribution is 6.30. The summed E-state index contributed by atoms with van der Waals surface area (Å²) in [6, 6.07) is 16.0. The van der Waals surface area contributed by atoms with Crippen molar-refractivity contribution in [3.63, 3.8) is 0 Å². The molecule has 30 heavy (non-hydrogen) atoms. The average molecular weight is 443 g/mol. The molecule has 3 aromatic rings. The van der Waals surface area contributed by atoms with Gasteiger partial charge in [-0.05, 0) is 60.7 Å². The second-order valence-electron chi connectivity index (χ2n) is 7.68. The zero-order valence-electron chi connectivity index (χ0n) is 16.7. The van der Waals surface area contributed by atoms with Crippen LogP contribution in [0.5, 0.6) is 0 Å². The Bertz CT molecular complexity index is 1060. The first kappa shape index (κ1) is 20.9. The summed E-state index contributed by atoms with van der Waals surface area (Å²) in [7, 11) is 0. The van der Waals surface area contributed by atoms with Crippen molar-refractivity contribution in [2.45, 2.75) is 31.8 Å². The third kappa shape index (κ3) is 4.86. The second-order valence-corrected chi connectivity index (χ2v) is 8.56. The Balaban J connectivity index is 1.52. The zero-order valence-corrected chi connectivity index (χ0v) is 18.2. The SMILES string of the molecule is Cc1cc(Cl)ccc1C(NC1CCN(c2cc(=O)[nH]cn2)CC1)c1ccc(Cl)cc1. The van der Waals surface area contributed by atoms with Crippen molar-refractivity contribution in [2.75, 3.05) is 18.0 Å². The molecule has 7 heteroatoms. The molecule has 1 atom stereocenters. The minimum atomic E-state index is -0.124. The van der Waals surface area contributed by atoms with Crippen LogP contribution in [0.1, 0.15) is 35.6 Å². The van der Waals surface area contributed by atoms with Gasteiger partial charge in [0.15, 0.2) is 0 Å². The molecule has 0 bridgehead atoms. The lowest BCUT2D eigenvalue weighted by Crippen LogP contribution is -2.44. The van der Waals surface area contributed by atoms with Gasteiger partial charge in [-0.2, -0.15) is 0 Å². The molecular weight excluding hydrogens is 419 g/mol. The van der Waals surface area contributed by atoms with Gasteiger partial charge >= 0.3 is 0 Å². The van der Waals surface area contributed by atoms with Crippen LogP contribution < -0.4 is 15.8 Å². The summed E-state index contributed by atoms with van der Waals surface area (Å²) in [5.74, 6) is 0.736. The molecule has 156 valence electrons. The number of hydrogen-bond donors (Lipinski definition) is 2. The van der Waals surface area contributed by atoms with Crippen molar-refractivity contribution < 1.29 is 0 Å². The molecule has 5 nitrogen and oxygen atoms in total. The number of hydrogen-bond acceptors (Lipinski definition) is 4. The highest BCUT2D eigenvalue weighted by Crippen LogP contribution is 2.30. The van der Waals surface area contributed by atoms with Gasteiger partial charge in [0, 0.05) is 35.2 Å². The highest BCUT2D eigenvalue weighted by atomic mass is 35.5. The minimum absolute atomic E-state index is 0.0498. The van der Waals surface area contributed by atoms with Crippen LogP contribution in [0.4, 0.5) is 5.82 Å². The van der Waals surface area contributed by atoms with Crippen LogP contribution in [-0.4, -0.2) is 29.1 Å². The van der Waals surface area contributed by atoms with E-state index >= 15 is 0 Å². The van der Waals surface area contributed by atoms with Crippen LogP contribution in [0, 0.1) is 6.92 Å². The fraction of sp³-hybridized carbons (Fsp3) is 0.304. The molecule has 2 aromatic carbocycles. The summed E-state index contributed by atoms with van der Waals surface area (Å²) in [6.45, 7) is 3.79. The van der Waals surface area contributed by atoms with E-state index in [1.165, 1.54) is 17.5 Å². The smallest absolute Gasteiger partial charge is 0.252 e. The summed E-state index contributed by atoms with van der Waals surface area (Å²) in [6.07, 6.45) is 3.39. The van der Waals surface area contributed by atoms with Crippen molar-refractivity contribution in [1.29, 1.82) is 0 Å². The average Bonchev–Trinajstić information content (AvgIpc) is 2.74. The van der Waals surface area contributed by atoms with E-state index in [2.05, 4.69) is 45.3 Å². The van der Waals surface area contributed by atoms with E-state index in [-0.39, 0.29) is 11.6 Å². The molecule has 1 unspecified atom stereocenters. The quantitative estimate of drug-likeness (QED) is 0.599. The summed E-state index contributed by atoms with van der Waals surface area (Å²) >= 11 is 12.3. The van der Waals surface area contributed by atoms with Crippen LogP contribution in [0.3, 0.4) is 0 Å². The first-order chi connectivity index (χ1) is 14.5. The molecule has 2 heterocycles. The number of piperidine rings is 1. The van der Waals surface area contributed by atoms with Gasteiger partial charge in [-0.15, -0.1) is 0 Å². The maximum Gasteiger partial charge on any atom is 0.252 e. The maximum atomic E-state index is 11.6. The van der Waals surface area contributed by atoms with Gasteiger partial charge in [-0.3, -0.25) is 4.79 Å². The Morgan fingerprint density at radius 3 is 2.43 bits per heavy atom. The Kier molecular flexibility index (Phi) is 6.42. The number of aromatic nitrogens is 2. The van der Waals surface area contributed by atoms with Crippen LogP contribution in [0.2, 0.25) is 10.0 Å². The number of anilines is 1. The van der Waals surface area contributed by atoms with E-state index in [0.717, 1.165) is 47.4 Å². The summed E-state index contributed by atoms with van der Waals surface area (Å²) < 4.78 is 0. The van der Waals surface area contributed by atoms with Crippen molar-refractivity contribution in [2.24, 2.45) is 0 Å². The number of nitrogens with one attached hydrogen (secondary N) is 2. The number of rotatable bonds is 5. The lowest BCUT2D eigenvalue weighted by molar-refractivity contribution is 0.389. The van der Waals surface area contributed by atoms with E-state index in [1.807, 2.05) is 24.3 Å². The van der Waals surface area contributed by atoms with E-state index in [0.29, 0.717) is 6.04 Å². The lowest BCUT2D eigenvalue weighted by Gasteiger charge is -2.35. The number of halogens is 2. The van der Waals surface area contributed by atoms with Gasteiger partial charge in [-0.1, -0.05) is 41.4 Å². The number of aromatic amines is 1. The molecule has 1 aliphatic rings. The predicted molar refractivity (Wildman–Crippen MR) is 123 cm³/mol. The van der Waals surface area contributed by atoms with Crippen molar-refractivity contribution in [1.82, 2.24) is 15.3 Å². The minimum Gasteiger partial charge on any atom is -0.356 e. The van der Waals surface area contributed by atoms with Gasteiger partial charge in [0.05, 0.1) is 12.4 Å². The first-order valence-corrected chi connectivity index (χ1v) is 10.8. The standard InChI is InChI=1S/C23H24Cl2N4O/c1-15-12-18(25)6-7-20(15)23(16-2-4-17(24)5-3-16)28-19-8-10-29(11-9-19)21-13-22(30)27-14-26-21/h2-7,12-14,19,23,28H,8-11H2,1H3,(H,26,27,30). The van der Waals surface area contributed by atoms with Crippen LogP contribution in [0.25, 0.3) is 0 Å². The Labute approximate surface area is 186 Å². The molecule has 1 fully saturated rings. The van der Waals surface area contributed by atoms with Gasteiger partial charge in [0.2, 0.25) is 0 Å². The predicted octanol–water partition coefficient (Wildman–Crippen LogP) is 4.73. The molecule has 0 aliphatic carbocycles. The van der Waals surface area contributed by atoms with Crippen LogP contribution >= 0.6 is 23.2 Å². The highest BCUT2D eigenvalue weighted by Gasteiger charge is 2.25. The van der Waals surface area contributed by atoms with E-state index in [1.54, 1.807) is 6.07 Å². The summed E-state index contributed by atoms with van der Waals surface area (Å²) in [4.78, 5) is 20.6. The summed E-state index contributed by atoms with van der Waals surface area (Å²) in [5, 5.41) is 5.32. The molecule has 4 rings (SSSR count). The fourth-order valence-corrected chi connectivity index (χ4v) is 4.38. The third-order valence-electron chi connectivity index (χ3n) is 5.63. The molecular formula is C23H24Cl2N4O. The van der Waals surface area contributed by atoms with Crippen molar-refractivity contribution >= 4 is 29.0 Å². The van der Waals surface area contributed by atoms with E-state index in [4.69, 9.17) is 23.2 Å². The van der Waals surface area contributed by atoms with Gasteiger partial charge in [0.25, 0.3) is 5.56 Å². The lowest BCUT2D eigenvalue weighted by atomic mass is 9.93. The topological polar surface area (TPSA) is 61.0 Å². The largest absolute Gasteiger partial charge is 0.356 e. The van der Waals surface area contributed by atoms with Gasteiger partial charge in [-0.25, -0.2) is 4.98 Å².